The molecule has 1 aromatic rings. The number of fused-ring (bicyclic) bond motifs is 1. The summed E-state index contributed by atoms with van der Waals surface area (Å²) in [4.78, 5) is 0. The Bertz CT molecular complexity index is 415. The van der Waals surface area contributed by atoms with Gasteiger partial charge in [0.25, 0.3) is 0 Å². The fourth-order valence-corrected chi connectivity index (χ4v) is 6.10. The van der Waals surface area contributed by atoms with Crippen LogP contribution in [-0.2, 0) is 0 Å². The molecule has 1 saturated carbocycles. The molecule has 4 atom stereocenters. The third kappa shape index (κ3) is 3.20. The van der Waals surface area contributed by atoms with Crippen LogP contribution < -0.4 is 5.32 Å². The predicted octanol–water partition coefficient (Wildman–Crippen LogP) is 5.09. The van der Waals surface area contributed by atoms with E-state index in [-0.39, 0.29) is 0 Å². The average molecular weight is 296 g/mol. The van der Waals surface area contributed by atoms with Crippen molar-refractivity contribution in [2.24, 2.45) is 11.8 Å². The van der Waals surface area contributed by atoms with Gasteiger partial charge in [-0.2, -0.15) is 0 Å². The summed E-state index contributed by atoms with van der Waals surface area (Å²) in [6, 6.07) is 2.94. The lowest BCUT2D eigenvalue weighted by Gasteiger charge is -2.33. The minimum absolute atomic E-state index is 0.603. The highest BCUT2D eigenvalue weighted by Crippen LogP contribution is 2.44. The molecule has 19 heavy (non-hydrogen) atoms. The van der Waals surface area contributed by atoms with Gasteiger partial charge in [0.1, 0.15) is 0 Å². The Kier molecular flexibility index (Phi) is 4.55. The molecule has 106 valence electrons. The van der Waals surface area contributed by atoms with Crippen molar-refractivity contribution in [3.63, 3.8) is 0 Å². The molecule has 0 saturated heterocycles. The first-order chi connectivity index (χ1) is 9.24. The molecule has 1 aromatic heterocycles. The standard InChI is InChI=1S/C16H25NS2/c1-11-5-3-4-6-13(11)10-17-15-9-12(2)19-16-14(15)7-8-18-16/h7-8,11-13,15,17H,3-6,9-10H2,1-2H3/t11?,12-,13?,15?/m0/s1. The predicted molar refractivity (Wildman–Crippen MR) is 86.1 cm³/mol. The fourth-order valence-electron chi connectivity index (χ4n) is 3.53. The highest BCUT2D eigenvalue weighted by molar-refractivity contribution is 8.01. The zero-order valence-corrected chi connectivity index (χ0v) is 13.7. The second kappa shape index (κ2) is 6.19. The summed E-state index contributed by atoms with van der Waals surface area (Å²) < 4.78 is 1.55. The Balaban J connectivity index is 1.61. The molecule has 2 aliphatic rings. The second-order valence-corrected chi connectivity index (χ2v) is 8.93. The monoisotopic (exact) mass is 295 g/mol. The van der Waals surface area contributed by atoms with E-state index in [1.165, 1.54) is 38.6 Å². The number of nitrogens with one attached hydrogen (secondary N) is 1. The molecular formula is C16H25NS2. The van der Waals surface area contributed by atoms with Crippen LogP contribution in [-0.4, -0.2) is 11.8 Å². The van der Waals surface area contributed by atoms with Gasteiger partial charge in [0, 0.05) is 11.3 Å². The van der Waals surface area contributed by atoms with E-state index < -0.39 is 0 Å². The highest BCUT2D eigenvalue weighted by Gasteiger charge is 2.28. The van der Waals surface area contributed by atoms with Crippen LogP contribution in [0.3, 0.4) is 0 Å². The van der Waals surface area contributed by atoms with Crippen molar-refractivity contribution in [2.75, 3.05) is 6.54 Å². The summed E-state index contributed by atoms with van der Waals surface area (Å²) in [6.45, 7) is 6.03. The Morgan fingerprint density at radius 2 is 2.11 bits per heavy atom. The van der Waals surface area contributed by atoms with E-state index in [2.05, 4.69) is 42.4 Å². The lowest BCUT2D eigenvalue weighted by Crippen LogP contribution is -2.34. The van der Waals surface area contributed by atoms with Crippen molar-refractivity contribution in [1.82, 2.24) is 5.32 Å². The third-order valence-corrected chi connectivity index (χ3v) is 7.17. The molecule has 1 aliphatic carbocycles. The van der Waals surface area contributed by atoms with Crippen molar-refractivity contribution < 1.29 is 0 Å². The van der Waals surface area contributed by atoms with E-state index in [1.54, 1.807) is 9.77 Å². The first-order valence-electron chi connectivity index (χ1n) is 7.71. The van der Waals surface area contributed by atoms with Crippen LogP contribution in [0, 0.1) is 11.8 Å². The number of rotatable bonds is 3. The Morgan fingerprint density at radius 3 is 2.95 bits per heavy atom. The minimum atomic E-state index is 0.603. The Morgan fingerprint density at radius 1 is 1.26 bits per heavy atom. The lowest BCUT2D eigenvalue weighted by atomic mass is 9.80. The van der Waals surface area contributed by atoms with E-state index in [9.17, 15) is 0 Å². The van der Waals surface area contributed by atoms with Crippen molar-refractivity contribution in [1.29, 1.82) is 0 Å². The molecule has 1 N–H and O–H groups in total. The van der Waals surface area contributed by atoms with Gasteiger partial charge >= 0.3 is 0 Å². The van der Waals surface area contributed by atoms with Gasteiger partial charge in [-0.3, -0.25) is 0 Å². The number of hydrogen-bond donors (Lipinski definition) is 1. The number of hydrogen-bond acceptors (Lipinski definition) is 3. The van der Waals surface area contributed by atoms with Gasteiger partial charge in [-0.15, -0.1) is 23.1 Å². The highest BCUT2D eigenvalue weighted by atomic mass is 32.2. The van der Waals surface area contributed by atoms with Crippen LogP contribution in [0.5, 0.6) is 0 Å². The normalized spacial score (nSPS) is 35.1. The molecule has 3 heteroatoms. The lowest BCUT2D eigenvalue weighted by molar-refractivity contribution is 0.238. The first kappa shape index (κ1) is 14.0. The van der Waals surface area contributed by atoms with Gasteiger partial charge in [0.2, 0.25) is 0 Å². The molecule has 3 unspecified atom stereocenters. The van der Waals surface area contributed by atoms with Gasteiger partial charge in [-0.25, -0.2) is 0 Å². The molecule has 3 rings (SSSR count). The smallest absolute Gasteiger partial charge is 0.0649 e. The van der Waals surface area contributed by atoms with Crippen molar-refractivity contribution in [3.8, 4) is 0 Å². The van der Waals surface area contributed by atoms with Crippen molar-refractivity contribution >= 4 is 23.1 Å². The second-order valence-electron chi connectivity index (χ2n) is 6.31. The van der Waals surface area contributed by atoms with Crippen LogP contribution in [0.4, 0.5) is 0 Å². The molecule has 1 nitrogen and oxygen atoms in total. The van der Waals surface area contributed by atoms with Crippen LogP contribution in [0.2, 0.25) is 0 Å². The SMILES string of the molecule is CC1CCCCC1CNC1C[C@H](C)Sc2sccc21. The molecule has 2 heterocycles. The molecule has 0 radical (unpaired) electrons. The van der Waals surface area contributed by atoms with E-state index in [0.717, 1.165) is 17.1 Å². The maximum Gasteiger partial charge on any atom is 0.0649 e. The van der Waals surface area contributed by atoms with E-state index >= 15 is 0 Å². The topological polar surface area (TPSA) is 12.0 Å². The Hall–Kier alpha value is 0.0100. The number of thiophene rings is 1. The zero-order chi connectivity index (χ0) is 13.2. The minimum Gasteiger partial charge on any atom is -0.310 e. The largest absolute Gasteiger partial charge is 0.310 e. The summed E-state index contributed by atoms with van der Waals surface area (Å²) in [5.74, 6) is 1.82. The van der Waals surface area contributed by atoms with E-state index in [1.807, 2.05) is 11.3 Å². The zero-order valence-electron chi connectivity index (χ0n) is 12.0. The summed E-state index contributed by atoms with van der Waals surface area (Å²) in [5, 5.41) is 6.90. The molecule has 0 spiro atoms. The van der Waals surface area contributed by atoms with E-state index in [0.29, 0.717) is 6.04 Å². The van der Waals surface area contributed by atoms with Gasteiger partial charge in [-0.05, 0) is 48.2 Å². The summed E-state index contributed by atoms with van der Waals surface area (Å²) >= 11 is 3.98. The summed E-state index contributed by atoms with van der Waals surface area (Å²) in [6.07, 6.45) is 7.05. The van der Waals surface area contributed by atoms with Gasteiger partial charge in [0.15, 0.2) is 0 Å². The van der Waals surface area contributed by atoms with Gasteiger partial charge in [-0.1, -0.05) is 33.1 Å². The molecule has 1 aliphatic heterocycles. The molecule has 0 amide bonds. The van der Waals surface area contributed by atoms with Crippen LogP contribution >= 0.6 is 23.1 Å². The van der Waals surface area contributed by atoms with Crippen molar-refractivity contribution in [3.05, 3.63) is 17.0 Å². The van der Waals surface area contributed by atoms with Crippen LogP contribution in [0.25, 0.3) is 0 Å². The quantitative estimate of drug-likeness (QED) is 0.833. The third-order valence-electron chi connectivity index (χ3n) is 4.83. The fraction of sp³-hybridized carbons (Fsp3) is 0.750. The van der Waals surface area contributed by atoms with E-state index in [4.69, 9.17) is 0 Å². The molecule has 0 aromatic carbocycles. The molecular weight excluding hydrogens is 270 g/mol. The molecule has 1 fully saturated rings. The van der Waals surface area contributed by atoms with Gasteiger partial charge in [0.05, 0.1) is 4.21 Å². The Labute approximate surface area is 125 Å². The number of thioether (sulfide) groups is 1. The van der Waals surface area contributed by atoms with Crippen molar-refractivity contribution in [2.45, 2.75) is 61.5 Å². The average Bonchev–Trinajstić information content (AvgIpc) is 2.85. The summed E-state index contributed by atoms with van der Waals surface area (Å²) in [5.41, 5.74) is 1.57. The van der Waals surface area contributed by atoms with Crippen LogP contribution in [0.15, 0.2) is 15.7 Å². The maximum atomic E-state index is 3.89. The summed E-state index contributed by atoms with van der Waals surface area (Å²) in [7, 11) is 0. The van der Waals surface area contributed by atoms with Gasteiger partial charge < -0.3 is 5.32 Å². The first-order valence-corrected chi connectivity index (χ1v) is 9.47. The van der Waals surface area contributed by atoms with Crippen LogP contribution in [0.1, 0.15) is 57.6 Å². The molecule has 0 bridgehead atoms. The maximum absolute atomic E-state index is 3.89.